The number of hydrogen-bond acceptors (Lipinski definition) is 3. The normalized spacial score (nSPS) is 24.2. The standard InChI is InChI=1S/C22H21ClN2O3/c1-13-9-10-16-17(11-13)22(28)25(21(16)27)15-6-4-5-14(12-15)20(26)24-19-8-3-2-7-18(19)23/h2-8,12-13,16-17H,9-11H2,1H3,(H,24,26)/t13-,16-,17-/m1/s1. The highest BCUT2D eigenvalue weighted by molar-refractivity contribution is 6.34. The monoisotopic (exact) mass is 396 g/mol. The summed E-state index contributed by atoms with van der Waals surface area (Å²) in [5, 5.41) is 3.20. The van der Waals surface area contributed by atoms with Crippen molar-refractivity contribution >= 4 is 40.7 Å². The Morgan fingerprint density at radius 3 is 2.57 bits per heavy atom. The predicted molar refractivity (Wildman–Crippen MR) is 108 cm³/mol. The van der Waals surface area contributed by atoms with Gasteiger partial charge in [0.1, 0.15) is 0 Å². The van der Waals surface area contributed by atoms with Crippen LogP contribution in [0.3, 0.4) is 0 Å². The number of benzene rings is 2. The van der Waals surface area contributed by atoms with Crippen molar-refractivity contribution in [1.29, 1.82) is 0 Å². The summed E-state index contributed by atoms with van der Waals surface area (Å²) in [4.78, 5) is 39.7. The van der Waals surface area contributed by atoms with Crippen LogP contribution in [0.25, 0.3) is 0 Å². The van der Waals surface area contributed by atoms with E-state index in [0.29, 0.717) is 27.9 Å². The molecule has 1 N–H and O–H groups in total. The van der Waals surface area contributed by atoms with Crippen molar-refractivity contribution in [3.8, 4) is 0 Å². The Morgan fingerprint density at radius 2 is 1.79 bits per heavy atom. The van der Waals surface area contributed by atoms with Crippen LogP contribution in [0.1, 0.15) is 36.5 Å². The molecule has 0 bridgehead atoms. The second-order valence-electron chi connectivity index (χ2n) is 7.63. The quantitative estimate of drug-likeness (QED) is 0.776. The Labute approximate surface area is 168 Å². The molecule has 0 unspecified atom stereocenters. The molecule has 0 spiro atoms. The molecule has 28 heavy (non-hydrogen) atoms. The van der Waals surface area contributed by atoms with Crippen molar-refractivity contribution in [2.75, 3.05) is 10.2 Å². The molecule has 5 nitrogen and oxygen atoms in total. The molecular formula is C22H21ClN2O3. The van der Waals surface area contributed by atoms with Gasteiger partial charge in [-0.05, 0) is 55.5 Å². The Morgan fingerprint density at radius 1 is 1.04 bits per heavy atom. The number of amides is 3. The second kappa shape index (κ2) is 7.40. The van der Waals surface area contributed by atoms with Crippen LogP contribution in [0.4, 0.5) is 11.4 Å². The third-order valence-electron chi connectivity index (χ3n) is 5.68. The molecule has 1 saturated carbocycles. The lowest BCUT2D eigenvalue weighted by Gasteiger charge is -2.25. The van der Waals surface area contributed by atoms with Gasteiger partial charge < -0.3 is 5.32 Å². The Balaban J connectivity index is 1.59. The highest BCUT2D eigenvalue weighted by Crippen LogP contribution is 2.42. The van der Waals surface area contributed by atoms with E-state index in [1.807, 2.05) is 0 Å². The van der Waals surface area contributed by atoms with E-state index in [1.54, 1.807) is 48.5 Å². The second-order valence-corrected chi connectivity index (χ2v) is 8.03. The molecular weight excluding hydrogens is 376 g/mol. The molecule has 0 aromatic heterocycles. The number of carbonyl (C=O) groups is 3. The van der Waals surface area contributed by atoms with Crippen molar-refractivity contribution in [3.05, 3.63) is 59.1 Å². The van der Waals surface area contributed by atoms with E-state index in [1.165, 1.54) is 4.90 Å². The van der Waals surface area contributed by atoms with Gasteiger partial charge in [-0.15, -0.1) is 0 Å². The molecule has 0 radical (unpaired) electrons. The Kier molecular flexibility index (Phi) is 4.94. The van der Waals surface area contributed by atoms with Crippen molar-refractivity contribution in [1.82, 2.24) is 0 Å². The van der Waals surface area contributed by atoms with E-state index in [9.17, 15) is 14.4 Å². The van der Waals surface area contributed by atoms with Gasteiger partial charge in [0.2, 0.25) is 11.8 Å². The van der Waals surface area contributed by atoms with Crippen molar-refractivity contribution in [3.63, 3.8) is 0 Å². The lowest BCUT2D eigenvalue weighted by atomic mass is 9.76. The minimum absolute atomic E-state index is 0.148. The fraction of sp³-hybridized carbons (Fsp3) is 0.318. The molecule has 1 saturated heterocycles. The zero-order valence-electron chi connectivity index (χ0n) is 15.5. The molecule has 6 heteroatoms. The fourth-order valence-electron chi connectivity index (χ4n) is 4.19. The minimum Gasteiger partial charge on any atom is -0.321 e. The molecule has 1 aliphatic carbocycles. The first-order valence-corrected chi connectivity index (χ1v) is 9.87. The highest BCUT2D eigenvalue weighted by atomic mass is 35.5. The summed E-state index contributed by atoms with van der Waals surface area (Å²) in [7, 11) is 0. The molecule has 2 fully saturated rings. The summed E-state index contributed by atoms with van der Waals surface area (Å²) in [6, 6.07) is 13.6. The van der Waals surface area contributed by atoms with Crippen LogP contribution in [0.15, 0.2) is 48.5 Å². The topological polar surface area (TPSA) is 66.5 Å². The minimum atomic E-state index is -0.347. The molecule has 3 amide bonds. The zero-order chi connectivity index (χ0) is 19.8. The van der Waals surface area contributed by atoms with Crippen molar-refractivity contribution in [2.24, 2.45) is 17.8 Å². The maximum absolute atomic E-state index is 12.9. The van der Waals surface area contributed by atoms with Gasteiger partial charge in [0.25, 0.3) is 5.91 Å². The number of fused-ring (bicyclic) bond motifs is 1. The van der Waals surface area contributed by atoms with Gasteiger partial charge in [0, 0.05) is 5.56 Å². The van der Waals surface area contributed by atoms with E-state index < -0.39 is 0 Å². The van der Waals surface area contributed by atoms with Crippen LogP contribution in [-0.2, 0) is 9.59 Å². The van der Waals surface area contributed by atoms with Gasteiger partial charge >= 0.3 is 0 Å². The molecule has 3 atom stereocenters. The number of imide groups is 1. The van der Waals surface area contributed by atoms with Crippen LogP contribution in [0.5, 0.6) is 0 Å². The molecule has 2 aromatic carbocycles. The van der Waals surface area contributed by atoms with Gasteiger partial charge in [0.05, 0.1) is 28.2 Å². The Bertz CT molecular complexity index is 958. The summed E-state index contributed by atoms with van der Waals surface area (Å²) in [5.41, 5.74) is 1.32. The predicted octanol–water partition coefficient (Wildman–Crippen LogP) is 4.52. The third kappa shape index (κ3) is 3.31. The molecule has 1 aliphatic heterocycles. The van der Waals surface area contributed by atoms with E-state index >= 15 is 0 Å². The smallest absolute Gasteiger partial charge is 0.255 e. The first-order chi connectivity index (χ1) is 13.5. The number of nitrogens with one attached hydrogen (secondary N) is 1. The van der Waals surface area contributed by atoms with Crippen molar-refractivity contribution in [2.45, 2.75) is 26.2 Å². The Hall–Kier alpha value is -2.66. The summed E-state index contributed by atoms with van der Waals surface area (Å²) < 4.78 is 0. The van der Waals surface area contributed by atoms with Gasteiger partial charge in [0.15, 0.2) is 0 Å². The van der Waals surface area contributed by atoms with Crippen LogP contribution < -0.4 is 10.2 Å². The van der Waals surface area contributed by atoms with Gasteiger partial charge in [-0.2, -0.15) is 0 Å². The zero-order valence-corrected chi connectivity index (χ0v) is 16.3. The lowest BCUT2D eigenvalue weighted by Crippen LogP contribution is -2.31. The average molecular weight is 397 g/mol. The lowest BCUT2D eigenvalue weighted by molar-refractivity contribution is -0.122. The van der Waals surface area contributed by atoms with Gasteiger partial charge in [-0.3, -0.25) is 19.3 Å². The number of nitrogens with zero attached hydrogens (tertiary/aromatic N) is 1. The van der Waals surface area contributed by atoms with Gasteiger partial charge in [-0.1, -0.05) is 36.7 Å². The number of anilines is 2. The fourth-order valence-corrected chi connectivity index (χ4v) is 4.37. The van der Waals surface area contributed by atoms with E-state index in [2.05, 4.69) is 12.2 Å². The molecule has 1 heterocycles. The summed E-state index contributed by atoms with van der Waals surface area (Å²) in [5.74, 6) is -0.664. The molecule has 4 rings (SSSR count). The van der Waals surface area contributed by atoms with Crippen molar-refractivity contribution < 1.29 is 14.4 Å². The number of hydrogen-bond donors (Lipinski definition) is 1. The maximum Gasteiger partial charge on any atom is 0.255 e. The largest absolute Gasteiger partial charge is 0.321 e. The van der Waals surface area contributed by atoms with E-state index in [0.717, 1.165) is 19.3 Å². The van der Waals surface area contributed by atoms with E-state index in [4.69, 9.17) is 11.6 Å². The first-order valence-electron chi connectivity index (χ1n) is 9.49. The van der Waals surface area contributed by atoms with E-state index in [-0.39, 0.29) is 29.6 Å². The number of rotatable bonds is 3. The van der Waals surface area contributed by atoms with Crippen LogP contribution in [0.2, 0.25) is 5.02 Å². The molecule has 2 aromatic rings. The summed E-state index contributed by atoms with van der Waals surface area (Å²) in [6.45, 7) is 2.12. The molecule has 144 valence electrons. The average Bonchev–Trinajstić information content (AvgIpc) is 2.93. The third-order valence-corrected chi connectivity index (χ3v) is 6.01. The number of carbonyl (C=O) groups excluding carboxylic acids is 3. The summed E-state index contributed by atoms with van der Waals surface area (Å²) >= 11 is 6.10. The van der Waals surface area contributed by atoms with Crippen LogP contribution in [0, 0.1) is 17.8 Å². The molecule has 2 aliphatic rings. The highest BCUT2D eigenvalue weighted by Gasteiger charge is 2.50. The number of halogens is 1. The van der Waals surface area contributed by atoms with Gasteiger partial charge in [-0.25, -0.2) is 0 Å². The first kappa shape index (κ1) is 18.7. The summed E-state index contributed by atoms with van der Waals surface area (Å²) in [6.07, 6.45) is 2.46. The SMILES string of the molecule is C[C@@H]1CC[C@H]2C(=O)N(c3cccc(C(=O)Nc4ccccc4Cl)c3)C(=O)[C@@H]2C1. The van der Waals surface area contributed by atoms with Crippen LogP contribution in [-0.4, -0.2) is 17.7 Å². The maximum atomic E-state index is 12.9. The van der Waals surface area contributed by atoms with Crippen LogP contribution >= 0.6 is 11.6 Å². The number of para-hydroxylation sites is 1.